The Labute approximate surface area is 146 Å². The molecule has 0 radical (unpaired) electrons. The van der Waals surface area contributed by atoms with Crippen LogP contribution in [0.4, 0.5) is 0 Å². The average molecular weight is 424 g/mol. The van der Waals surface area contributed by atoms with Gasteiger partial charge in [0.15, 0.2) is 0 Å². The van der Waals surface area contributed by atoms with E-state index in [0.717, 1.165) is 17.6 Å². The predicted molar refractivity (Wildman–Crippen MR) is 93.5 cm³/mol. The molecule has 4 heteroatoms. The van der Waals surface area contributed by atoms with Crippen LogP contribution in [0.25, 0.3) is 5.57 Å². The van der Waals surface area contributed by atoms with Gasteiger partial charge in [0.2, 0.25) is 0 Å². The molecule has 4 rings (SSSR count). The van der Waals surface area contributed by atoms with Gasteiger partial charge in [-0.2, -0.15) is 0 Å². The van der Waals surface area contributed by atoms with E-state index in [1.807, 2.05) is 25.1 Å². The van der Waals surface area contributed by atoms with Crippen LogP contribution in [0.15, 0.2) is 44.9 Å². The summed E-state index contributed by atoms with van der Waals surface area (Å²) in [6.45, 7) is 2.29. The number of esters is 1. The number of rotatable bonds is 3. The van der Waals surface area contributed by atoms with Crippen molar-refractivity contribution in [3.05, 3.63) is 50.4 Å². The number of benzene rings is 1. The van der Waals surface area contributed by atoms with Crippen molar-refractivity contribution < 1.29 is 9.53 Å². The lowest BCUT2D eigenvalue weighted by Crippen LogP contribution is -2.39. The van der Waals surface area contributed by atoms with Crippen LogP contribution in [-0.4, -0.2) is 12.6 Å². The van der Waals surface area contributed by atoms with Gasteiger partial charge in [0.1, 0.15) is 0 Å². The molecular formula is C18H16Br2O2. The Morgan fingerprint density at radius 2 is 1.77 bits per heavy atom. The largest absolute Gasteiger partial charge is 0.463 e. The zero-order chi connectivity index (χ0) is 15.4. The smallest absolute Gasteiger partial charge is 0.334 e. The van der Waals surface area contributed by atoms with E-state index in [-0.39, 0.29) is 5.97 Å². The SMILES string of the molecule is CCOC(=O)C1=C(c2ccccc2)[C@H]2[C@@H]1[C@H]1C[C@@H]2C(Br)=C1Br. The monoisotopic (exact) mass is 422 g/mol. The molecular weight excluding hydrogens is 408 g/mol. The van der Waals surface area contributed by atoms with Crippen LogP contribution < -0.4 is 0 Å². The Balaban J connectivity index is 1.81. The topological polar surface area (TPSA) is 26.3 Å². The number of ether oxygens (including phenoxy) is 1. The Hall–Kier alpha value is -0.870. The molecule has 22 heavy (non-hydrogen) atoms. The first-order valence-corrected chi connectivity index (χ1v) is 9.25. The maximum Gasteiger partial charge on any atom is 0.334 e. The van der Waals surface area contributed by atoms with Gasteiger partial charge in [-0.05, 0) is 36.3 Å². The molecule has 0 spiro atoms. The lowest BCUT2D eigenvalue weighted by atomic mass is 9.61. The lowest BCUT2D eigenvalue weighted by Gasteiger charge is -2.43. The third kappa shape index (κ3) is 1.86. The van der Waals surface area contributed by atoms with Crippen LogP contribution >= 0.6 is 31.9 Å². The predicted octanol–water partition coefficient (Wildman–Crippen LogP) is 4.90. The summed E-state index contributed by atoms with van der Waals surface area (Å²) in [4.78, 5) is 12.5. The van der Waals surface area contributed by atoms with Crippen LogP contribution in [0.3, 0.4) is 0 Å². The van der Waals surface area contributed by atoms with E-state index < -0.39 is 0 Å². The minimum absolute atomic E-state index is 0.133. The highest BCUT2D eigenvalue weighted by molar-refractivity contribution is 9.14. The minimum Gasteiger partial charge on any atom is -0.463 e. The van der Waals surface area contributed by atoms with E-state index in [4.69, 9.17) is 4.74 Å². The maximum absolute atomic E-state index is 12.5. The molecule has 0 N–H and O–H groups in total. The lowest BCUT2D eigenvalue weighted by molar-refractivity contribution is -0.139. The van der Waals surface area contributed by atoms with Crippen molar-refractivity contribution in [3.63, 3.8) is 0 Å². The highest BCUT2D eigenvalue weighted by Crippen LogP contribution is 2.69. The van der Waals surface area contributed by atoms with Crippen LogP contribution in [0, 0.1) is 23.7 Å². The number of carbonyl (C=O) groups is 1. The first-order valence-electron chi connectivity index (χ1n) is 7.66. The van der Waals surface area contributed by atoms with Gasteiger partial charge >= 0.3 is 5.97 Å². The zero-order valence-corrected chi connectivity index (χ0v) is 15.4. The van der Waals surface area contributed by atoms with Crippen molar-refractivity contribution in [3.8, 4) is 0 Å². The van der Waals surface area contributed by atoms with Gasteiger partial charge in [0, 0.05) is 26.4 Å². The summed E-state index contributed by atoms with van der Waals surface area (Å²) in [6.07, 6.45) is 1.12. The maximum atomic E-state index is 12.5. The van der Waals surface area contributed by atoms with Crippen molar-refractivity contribution in [1.82, 2.24) is 0 Å². The minimum atomic E-state index is -0.133. The van der Waals surface area contributed by atoms with Crippen molar-refractivity contribution in [2.75, 3.05) is 6.61 Å². The summed E-state index contributed by atoms with van der Waals surface area (Å²) in [6, 6.07) is 10.3. The molecule has 0 heterocycles. The number of hydrogen-bond acceptors (Lipinski definition) is 2. The van der Waals surface area contributed by atoms with Gasteiger partial charge in [0.25, 0.3) is 0 Å². The van der Waals surface area contributed by atoms with Gasteiger partial charge < -0.3 is 4.74 Å². The van der Waals surface area contributed by atoms with Gasteiger partial charge in [0.05, 0.1) is 6.61 Å². The number of allylic oxidation sites excluding steroid dienone is 3. The number of hydrogen-bond donors (Lipinski definition) is 0. The van der Waals surface area contributed by atoms with Gasteiger partial charge in [-0.3, -0.25) is 0 Å². The van der Waals surface area contributed by atoms with Crippen LogP contribution in [-0.2, 0) is 9.53 Å². The second-order valence-electron chi connectivity index (χ2n) is 6.11. The molecule has 0 unspecified atom stereocenters. The molecule has 1 aromatic rings. The fourth-order valence-electron chi connectivity index (χ4n) is 4.39. The van der Waals surface area contributed by atoms with E-state index >= 15 is 0 Å². The summed E-state index contributed by atoms with van der Waals surface area (Å²) < 4.78 is 7.87. The third-order valence-corrected chi connectivity index (χ3v) is 7.74. The second kappa shape index (κ2) is 5.34. The molecule has 114 valence electrons. The number of carbonyl (C=O) groups excluding carboxylic acids is 1. The van der Waals surface area contributed by atoms with Crippen molar-refractivity contribution in [2.24, 2.45) is 23.7 Å². The molecule has 2 nitrogen and oxygen atoms in total. The van der Waals surface area contributed by atoms with E-state index in [1.54, 1.807) is 0 Å². The van der Waals surface area contributed by atoms with Gasteiger partial charge in [-0.15, -0.1) is 0 Å². The average Bonchev–Trinajstić information content (AvgIpc) is 2.94. The summed E-state index contributed by atoms with van der Waals surface area (Å²) in [5.41, 5.74) is 3.27. The van der Waals surface area contributed by atoms with Gasteiger partial charge in [-0.1, -0.05) is 62.2 Å². The molecule has 4 atom stereocenters. The summed E-state index contributed by atoms with van der Waals surface area (Å²) in [7, 11) is 0. The number of halogens is 2. The molecule has 0 aliphatic heterocycles. The van der Waals surface area contributed by atoms with E-state index in [0.29, 0.717) is 30.3 Å². The molecule has 1 aromatic carbocycles. The standard InChI is InChI=1S/C18H16Br2O2/c1-2-22-18(21)15-12(9-6-4-3-5-7-9)13-10-8-11(14(13)15)17(20)16(10)19/h3-7,10-11,13-14H,2,8H2,1H3/t10-,11+,13-,14-/m0/s1. The Morgan fingerprint density at radius 1 is 1.14 bits per heavy atom. The molecule has 0 amide bonds. The van der Waals surface area contributed by atoms with E-state index in [1.165, 1.54) is 14.5 Å². The Bertz CT molecular complexity index is 705. The number of fused-ring (bicyclic) bond motifs is 5. The first-order chi connectivity index (χ1) is 10.6. The molecule has 0 saturated heterocycles. The highest BCUT2D eigenvalue weighted by Gasteiger charge is 2.61. The molecule has 3 aliphatic rings. The third-order valence-electron chi connectivity index (χ3n) is 5.18. The Kier molecular flexibility index (Phi) is 3.57. The second-order valence-corrected chi connectivity index (χ2v) is 7.82. The summed E-state index contributed by atoms with van der Waals surface area (Å²) in [5.74, 6) is 1.55. The highest BCUT2D eigenvalue weighted by atomic mass is 79.9. The Morgan fingerprint density at radius 3 is 2.41 bits per heavy atom. The van der Waals surface area contributed by atoms with E-state index in [2.05, 4.69) is 44.0 Å². The molecule has 1 saturated carbocycles. The molecule has 2 bridgehead atoms. The molecule has 3 aliphatic carbocycles. The fraction of sp³-hybridized carbons (Fsp3) is 0.389. The summed E-state index contributed by atoms with van der Waals surface area (Å²) >= 11 is 7.46. The summed E-state index contributed by atoms with van der Waals surface area (Å²) in [5, 5.41) is 0. The van der Waals surface area contributed by atoms with Crippen LogP contribution in [0.2, 0.25) is 0 Å². The van der Waals surface area contributed by atoms with Gasteiger partial charge in [-0.25, -0.2) is 4.79 Å². The first kappa shape index (κ1) is 14.7. The molecule has 1 fully saturated rings. The zero-order valence-electron chi connectivity index (χ0n) is 12.2. The fourth-order valence-corrected chi connectivity index (χ4v) is 5.92. The van der Waals surface area contributed by atoms with E-state index in [9.17, 15) is 4.79 Å². The van der Waals surface area contributed by atoms with Crippen molar-refractivity contribution in [2.45, 2.75) is 13.3 Å². The van der Waals surface area contributed by atoms with Crippen LogP contribution in [0.5, 0.6) is 0 Å². The van der Waals surface area contributed by atoms with Crippen molar-refractivity contribution in [1.29, 1.82) is 0 Å². The van der Waals surface area contributed by atoms with Crippen LogP contribution in [0.1, 0.15) is 18.9 Å². The quantitative estimate of drug-likeness (QED) is 0.646. The molecule has 0 aromatic heterocycles. The van der Waals surface area contributed by atoms with Crippen molar-refractivity contribution >= 4 is 43.4 Å². The normalized spacial score (nSPS) is 32.1.